The predicted octanol–water partition coefficient (Wildman–Crippen LogP) is 1.33. The van der Waals surface area contributed by atoms with Crippen LogP contribution in [0, 0.1) is 0 Å². The van der Waals surface area contributed by atoms with Gasteiger partial charge in [-0.05, 0) is 40.0 Å². The normalized spacial score (nSPS) is 31.3. The Morgan fingerprint density at radius 1 is 1.24 bits per heavy atom. The number of amides is 1. The largest absolute Gasteiger partial charge is 0.444 e. The van der Waals surface area contributed by atoms with Crippen molar-refractivity contribution in [3.05, 3.63) is 11.5 Å². The Bertz CT molecular complexity index is 522. The topological polar surface area (TPSA) is 84.5 Å². The van der Waals surface area contributed by atoms with Gasteiger partial charge in [0.25, 0.3) is 0 Å². The van der Waals surface area contributed by atoms with Gasteiger partial charge in [0.1, 0.15) is 5.60 Å². The molecule has 6 nitrogen and oxygen atoms in total. The molecular weight excluding hydrogens is 292 g/mol. The summed E-state index contributed by atoms with van der Waals surface area (Å²) in [7, 11) is -3.02. The molecule has 0 aromatic rings. The molecule has 0 bridgehead atoms. The van der Waals surface area contributed by atoms with Crippen LogP contribution < -0.4 is 10.6 Å². The fraction of sp³-hybridized carbons (Fsp3) is 0.786. The van der Waals surface area contributed by atoms with E-state index in [1.807, 2.05) is 20.8 Å². The van der Waals surface area contributed by atoms with Crippen LogP contribution in [-0.4, -0.2) is 44.0 Å². The van der Waals surface area contributed by atoms with E-state index in [1.165, 1.54) is 5.41 Å². The van der Waals surface area contributed by atoms with Crippen molar-refractivity contribution in [3.63, 3.8) is 0 Å². The third-order valence-corrected chi connectivity index (χ3v) is 4.93. The number of ether oxygens (including phenoxy) is 1. The number of hydrogen-bond acceptors (Lipinski definition) is 5. The average Bonchev–Trinajstić information content (AvgIpc) is 2.83. The summed E-state index contributed by atoms with van der Waals surface area (Å²) < 4.78 is 27.9. The lowest BCUT2D eigenvalue weighted by Gasteiger charge is -2.22. The zero-order valence-corrected chi connectivity index (χ0v) is 13.6. The van der Waals surface area contributed by atoms with Gasteiger partial charge in [0.2, 0.25) is 0 Å². The van der Waals surface area contributed by atoms with Crippen molar-refractivity contribution >= 4 is 15.9 Å². The molecule has 1 heterocycles. The van der Waals surface area contributed by atoms with Crippen molar-refractivity contribution in [1.82, 2.24) is 10.6 Å². The van der Waals surface area contributed by atoms with E-state index < -0.39 is 21.5 Å². The maximum absolute atomic E-state index is 11.7. The van der Waals surface area contributed by atoms with E-state index in [2.05, 4.69) is 10.6 Å². The third-order valence-electron chi connectivity index (χ3n) is 3.53. The second kappa shape index (κ2) is 5.96. The van der Waals surface area contributed by atoms with E-state index in [0.29, 0.717) is 0 Å². The number of sulfone groups is 1. The molecule has 2 aliphatic rings. The number of nitrogens with one attached hydrogen (secondary N) is 2. The first-order chi connectivity index (χ1) is 9.63. The molecule has 120 valence electrons. The quantitative estimate of drug-likeness (QED) is 0.820. The summed E-state index contributed by atoms with van der Waals surface area (Å²) in [5.41, 5.74) is -0.497. The standard InChI is InChI=1S/C14H24N2O4S/c1-14(2,3)20-13(17)16-11-5-4-10(8-11)15-12-6-7-21(18,19)9-12/h6-7,10-12,15H,4-5,8-9H2,1-3H3,(H,16,17). The Morgan fingerprint density at radius 3 is 2.48 bits per heavy atom. The van der Waals surface area contributed by atoms with Gasteiger partial charge in [-0.3, -0.25) is 0 Å². The van der Waals surface area contributed by atoms with Crippen molar-refractivity contribution in [1.29, 1.82) is 0 Å². The Hall–Kier alpha value is -1.08. The van der Waals surface area contributed by atoms with Gasteiger partial charge in [-0.1, -0.05) is 6.08 Å². The van der Waals surface area contributed by atoms with E-state index in [0.717, 1.165) is 19.3 Å². The predicted molar refractivity (Wildman–Crippen MR) is 80.6 cm³/mol. The lowest BCUT2D eigenvalue weighted by Crippen LogP contribution is -2.41. The zero-order valence-electron chi connectivity index (χ0n) is 12.8. The van der Waals surface area contributed by atoms with Crippen molar-refractivity contribution < 1.29 is 17.9 Å². The molecule has 0 saturated heterocycles. The maximum Gasteiger partial charge on any atom is 0.407 e. The van der Waals surface area contributed by atoms with Crippen LogP contribution in [0.2, 0.25) is 0 Å². The molecule has 0 aromatic carbocycles. The summed E-state index contributed by atoms with van der Waals surface area (Å²) in [6, 6.07) is 0.201. The van der Waals surface area contributed by atoms with Gasteiger partial charge >= 0.3 is 6.09 Å². The minimum atomic E-state index is -3.02. The molecule has 0 aromatic heterocycles. The van der Waals surface area contributed by atoms with Gasteiger partial charge < -0.3 is 15.4 Å². The summed E-state index contributed by atoms with van der Waals surface area (Å²) in [5, 5.41) is 7.47. The molecule has 1 fully saturated rings. The summed E-state index contributed by atoms with van der Waals surface area (Å²) in [6.45, 7) is 5.50. The van der Waals surface area contributed by atoms with Crippen LogP contribution in [0.3, 0.4) is 0 Å². The molecule has 7 heteroatoms. The number of alkyl carbamates (subject to hydrolysis) is 1. The van der Waals surface area contributed by atoms with Gasteiger partial charge in [0.15, 0.2) is 9.84 Å². The van der Waals surface area contributed by atoms with E-state index in [-0.39, 0.29) is 23.9 Å². The molecule has 21 heavy (non-hydrogen) atoms. The average molecular weight is 316 g/mol. The lowest BCUT2D eigenvalue weighted by atomic mass is 10.2. The Kier molecular flexibility index (Phi) is 4.63. The molecule has 2 N–H and O–H groups in total. The minimum Gasteiger partial charge on any atom is -0.444 e. The van der Waals surface area contributed by atoms with Gasteiger partial charge in [-0.15, -0.1) is 0 Å². The number of carbonyl (C=O) groups excluding carboxylic acids is 1. The van der Waals surface area contributed by atoms with E-state index >= 15 is 0 Å². The highest BCUT2D eigenvalue weighted by atomic mass is 32.2. The molecule has 0 radical (unpaired) electrons. The summed E-state index contributed by atoms with van der Waals surface area (Å²) in [4.78, 5) is 11.7. The Balaban J connectivity index is 1.74. The molecule has 3 atom stereocenters. The summed E-state index contributed by atoms with van der Waals surface area (Å²) in [5.74, 6) is 0.133. The molecule has 0 spiro atoms. The number of rotatable bonds is 3. The van der Waals surface area contributed by atoms with Gasteiger partial charge in [0, 0.05) is 23.5 Å². The van der Waals surface area contributed by atoms with Crippen molar-refractivity contribution in [2.24, 2.45) is 0 Å². The highest BCUT2D eigenvalue weighted by Gasteiger charge is 2.30. The summed E-state index contributed by atoms with van der Waals surface area (Å²) >= 11 is 0. The van der Waals surface area contributed by atoms with Crippen molar-refractivity contribution in [2.75, 3.05) is 5.75 Å². The second-order valence-corrected chi connectivity index (χ2v) is 8.72. The van der Waals surface area contributed by atoms with Crippen molar-refractivity contribution in [3.8, 4) is 0 Å². The Labute approximate surface area is 126 Å². The SMILES string of the molecule is CC(C)(C)OC(=O)NC1CCC(NC2C=CS(=O)(=O)C2)C1. The monoisotopic (exact) mass is 316 g/mol. The molecule has 1 aliphatic heterocycles. The van der Waals surface area contributed by atoms with Crippen LogP contribution in [0.4, 0.5) is 4.79 Å². The first kappa shape index (κ1) is 16.3. The first-order valence-electron chi connectivity index (χ1n) is 7.29. The molecular formula is C14H24N2O4S. The third kappa shape index (κ3) is 5.32. The Morgan fingerprint density at radius 2 is 1.90 bits per heavy atom. The molecule has 1 aliphatic carbocycles. The summed E-state index contributed by atoms with van der Waals surface area (Å²) in [6.07, 6.45) is 3.90. The van der Waals surface area contributed by atoms with Crippen molar-refractivity contribution in [2.45, 2.75) is 63.8 Å². The molecule has 1 amide bonds. The van der Waals surface area contributed by atoms with Gasteiger partial charge in [-0.25, -0.2) is 13.2 Å². The van der Waals surface area contributed by atoms with E-state index in [4.69, 9.17) is 4.74 Å². The van der Waals surface area contributed by atoms with Gasteiger partial charge in [0.05, 0.1) is 5.75 Å². The highest BCUT2D eigenvalue weighted by molar-refractivity contribution is 7.94. The van der Waals surface area contributed by atoms with Crippen LogP contribution in [0.15, 0.2) is 11.5 Å². The zero-order chi connectivity index (χ0) is 15.7. The van der Waals surface area contributed by atoms with E-state index in [1.54, 1.807) is 6.08 Å². The van der Waals surface area contributed by atoms with Crippen LogP contribution >= 0.6 is 0 Å². The smallest absolute Gasteiger partial charge is 0.407 e. The first-order valence-corrected chi connectivity index (χ1v) is 9.01. The lowest BCUT2D eigenvalue weighted by molar-refractivity contribution is 0.0505. The van der Waals surface area contributed by atoms with Crippen LogP contribution in [0.25, 0.3) is 0 Å². The maximum atomic E-state index is 11.7. The minimum absolute atomic E-state index is 0.0827. The second-order valence-electron chi connectivity index (χ2n) is 6.78. The highest BCUT2D eigenvalue weighted by Crippen LogP contribution is 2.21. The molecule has 1 saturated carbocycles. The fourth-order valence-corrected chi connectivity index (χ4v) is 3.97. The molecule has 3 unspecified atom stereocenters. The van der Waals surface area contributed by atoms with Crippen LogP contribution in [0.1, 0.15) is 40.0 Å². The van der Waals surface area contributed by atoms with Crippen LogP contribution in [0.5, 0.6) is 0 Å². The molecule has 2 rings (SSSR count). The van der Waals surface area contributed by atoms with E-state index in [9.17, 15) is 13.2 Å². The van der Waals surface area contributed by atoms with Crippen LogP contribution in [-0.2, 0) is 14.6 Å². The fourth-order valence-electron chi connectivity index (χ4n) is 2.72. The number of carbonyl (C=O) groups is 1. The number of hydrogen-bond donors (Lipinski definition) is 2. The van der Waals surface area contributed by atoms with Gasteiger partial charge in [-0.2, -0.15) is 0 Å².